The summed E-state index contributed by atoms with van der Waals surface area (Å²) >= 11 is 0. The lowest BCUT2D eigenvalue weighted by Crippen LogP contribution is -2.16. The maximum absolute atomic E-state index is 12.8. The second-order valence-corrected chi connectivity index (χ2v) is 8.32. The highest BCUT2D eigenvalue weighted by Gasteiger charge is 2.42. The monoisotopic (exact) mass is 414 g/mol. The zero-order valence-corrected chi connectivity index (χ0v) is 17.8. The van der Waals surface area contributed by atoms with Gasteiger partial charge >= 0.3 is 0 Å². The number of nitrogens with two attached hydrogens (primary N) is 1. The number of pyridine rings is 1. The van der Waals surface area contributed by atoms with Crippen molar-refractivity contribution in [3.8, 4) is 11.4 Å². The normalized spacial score (nSPS) is 17.8. The second-order valence-electron chi connectivity index (χ2n) is 8.32. The molecule has 0 spiro atoms. The highest BCUT2D eigenvalue weighted by molar-refractivity contribution is 5.88. The fraction of sp³-hybridized carbons (Fsp3) is 0.240. The van der Waals surface area contributed by atoms with Crippen molar-refractivity contribution in [3.63, 3.8) is 0 Å². The fourth-order valence-electron chi connectivity index (χ4n) is 4.30. The molecule has 1 atom stereocenters. The lowest BCUT2D eigenvalue weighted by atomic mass is 9.97. The average molecular weight is 415 g/mol. The minimum absolute atomic E-state index is 0.0235. The van der Waals surface area contributed by atoms with E-state index in [4.69, 9.17) is 10.5 Å². The molecule has 5 rings (SSSR count). The highest BCUT2D eigenvalue weighted by atomic mass is 16.5. The third-order valence-electron chi connectivity index (χ3n) is 6.18. The second kappa shape index (κ2) is 7.41. The summed E-state index contributed by atoms with van der Waals surface area (Å²) in [5.41, 5.74) is 11.3. The van der Waals surface area contributed by atoms with Crippen LogP contribution in [0.2, 0.25) is 0 Å². The molecule has 0 radical (unpaired) electrons. The third-order valence-corrected chi connectivity index (χ3v) is 6.18. The van der Waals surface area contributed by atoms with Gasteiger partial charge in [-0.05, 0) is 30.7 Å². The zero-order valence-electron chi connectivity index (χ0n) is 17.8. The smallest absolute Gasteiger partial charge is 0.258 e. The lowest BCUT2D eigenvalue weighted by Gasteiger charge is -2.10. The van der Waals surface area contributed by atoms with Crippen LogP contribution in [-0.2, 0) is 25.7 Å². The van der Waals surface area contributed by atoms with E-state index in [1.807, 2.05) is 49.5 Å². The Bertz CT molecular complexity index is 1320. The topological polar surface area (TPSA) is 84.1 Å². The van der Waals surface area contributed by atoms with Crippen LogP contribution < -0.4 is 21.3 Å². The number of aryl methyl sites for hydroxylation is 1. The van der Waals surface area contributed by atoms with Gasteiger partial charge in [0.1, 0.15) is 12.4 Å². The molecule has 158 valence electrons. The number of aromatic nitrogens is 2. The summed E-state index contributed by atoms with van der Waals surface area (Å²) in [5, 5.41) is 4.63. The molecule has 3 heterocycles. The van der Waals surface area contributed by atoms with E-state index in [1.165, 1.54) is 17.0 Å². The first kappa shape index (κ1) is 19.6. The molecule has 1 fully saturated rings. The van der Waals surface area contributed by atoms with Gasteiger partial charge in [-0.15, -0.1) is 0 Å². The minimum atomic E-state index is -0.130. The van der Waals surface area contributed by atoms with Crippen LogP contribution >= 0.6 is 0 Å². The third kappa shape index (κ3) is 3.44. The fourth-order valence-corrected chi connectivity index (χ4v) is 4.30. The molecule has 6 nitrogen and oxygen atoms in total. The van der Waals surface area contributed by atoms with Gasteiger partial charge in [0.15, 0.2) is 0 Å². The van der Waals surface area contributed by atoms with Crippen molar-refractivity contribution < 1.29 is 4.74 Å². The van der Waals surface area contributed by atoms with Crippen molar-refractivity contribution in [1.29, 1.82) is 0 Å². The van der Waals surface area contributed by atoms with Gasteiger partial charge in [-0.1, -0.05) is 36.4 Å². The van der Waals surface area contributed by atoms with E-state index < -0.39 is 0 Å². The Morgan fingerprint density at radius 3 is 2.58 bits per heavy atom. The Hall–Kier alpha value is -3.35. The van der Waals surface area contributed by atoms with Crippen LogP contribution in [0.1, 0.15) is 23.7 Å². The van der Waals surface area contributed by atoms with Crippen molar-refractivity contribution >= 4 is 10.9 Å². The first-order valence-electron chi connectivity index (χ1n) is 10.5. The summed E-state index contributed by atoms with van der Waals surface area (Å²) in [6, 6.07) is 19.4. The first-order valence-corrected chi connectivity index (χ1v) is 10.5. The van der Waals surface area contributed by atoms with Crippen LogP contribution in [0.4, 0.5) is 0 Å². The van der Waals surface area contributed by atoms with Crippen LogP contribution in [-0.4, -0.2) is 15.7 Å². The molecule has 4 aromatic rings. The maximum Gasteiger partial charge on any atom is 0.258 e. The van der Waals surface area contributed by atoms with Crippen molar-refractivity contribution in [2.24, 2.45) is 12.8 Å². The van der Waals surface area contributed by atoms with Crippen LogP contribution in [0.25, 0.3) is 16.6 Å². The molecule has 1 aliphatic heterocycles. The molecular formula is C25H26N4O2. The Kier molecular flexibility index (Phi) is 4.68. The van der Waals surface area contributed by atoms with Crippen LogP contribution in [0.3, 0.4) is 0 Å². The van der Waals surface area contributed by atoms with Crippen LogP contribution in [0.5, 0.6) is 5.75 Å². The SMILES string of the molecule is Cn1c(CN)c(C2(C)CN2)c2ccc(-n3ccc(OCc4ccccc4)cc3=O)cc21. The molecular weight excluding hydrogens is 388 g/mol. The molecule has 2 aromatic heterocycles. The zero-order chi connectivity index (χ0) is 21.6. The quantitative estimate of drug-likeness (QED) is 0.475. The number of nitrogens with one attached hydrogen (secondary N) is 1. The van der Waals surface area contributed by atoms with E-state index in [0.717, 1.165) is 29.0 Å². The number of fused-ring (bicyclic) bond motifs is 1. The summed E-state index contributed by atoms with van der Waals surface area (Å²) in [6.45, 7) is 4.05. The molecule has 0 aliphatic carbocycles. The number of hydrogen-bond donors (Lipinski definition) is 2. The predicted molar refractivity (Wildman–Crippen MR) is 123 cm³/mol. The van der Waals surface area contributed by atoms with E-state index in [2.05, 4.69) is 28.9 Å². The van der Waals surface area contributed by atoms with E-state index in [-0.39, 0.29) is 11.1 Å². The number of rotatable bonds is 6. The lowest BCUT2D eigenvalue weighted by molar-refractivity contribution is 0.305. The maximum atomic E-state index is 12.8. The molecule has 6 heteroatoms. The van der Waals surface area contributed by atoms with Crippen molar-refractivity contribution in [2.45, 2.75) is 25.6 Å². The molecule has 3 N–H and O–H groups in total. The molecule has 2 aromatic carbocycles. The highest BCUT2D eigenvalue weighted by Crippen LogP contribution is 2.39. The van der Waals surface area contributed by atoms with E-state index in [0.29, 0.717) is 18.9 Å². The summed E-state index contributed by atoms with van der Waals surface area (Å²) < 4.78 is 9.57. The van der Waals surface area contributed by atoms with Gasteiger partial charge in [0.2, 0.25) is 0 Å². The standard InChI is InChI=1S/C25H26N4O2/c1-25(16-27-25)24-20-9-8-18(12-21(20)28(2)22(24)14-26)29-11-10-19(13-23(29)30)31-15-17-6-4-3-5-7-17/h3-13,27H,14-16,26H2,1-2H3. The number of ether oxygens (including phenoxy) is 1. The molecule has 31 heavy (non-hydrogen) atoms. The summed E-state index contributed by atoms with van der Waals surface area (Å²) in [5.74, 6) is 0.561. The summed E-state index contributed by atoms with van der Waals surface area (Å²) in [6.07, 6.45) is 1.77. The number of nitrogens with zero attached hydrogens (tertiary/aromatic N) is 2. The Balaban J connectivity index is 1.48. The summed E-state index contributed by atoms with van der Waals surface area (Å²) in [4.78, 5) is 12.8. The molecule has 1 unspecified atom stereocenters. The van der Waals surface area contributed by atoms with Gasteiger partial charge in [0, 0.05) is 49.0 Å². The van der Waals surface area contributed by atoms with E-state index >= 15 is 0 Å². The Morgan fingerprint density at radius 2 is 1.90 bits per heavy atom. The number of hydrogen-bond acceptors (Lipinski definition) is 4. The van der Waals surface area contributed by atoms with Gasteiger partial charge in [-0.3, -0.25) is 9.36 Å². The molecule has 1 aliphatic rings. The molecule has 0 amide bonds. The van der Waals surface area contributed by atoms with Crippen LogP contribution in [0, 0.1) is 0 Å². The molecule has 0 saturated carbocycles. The average Bonchev–Trinajstić information content (AvgIpc) is 3.46. The first-order chi connectivity index (χ1) is 15.0. The van der Waals surface area contributed by atoms with E-state index in [9.17, 15) is 4.79 Å². The van der Waals surface area contributed by atoms with Gasteiger partial charge in [0.25, 0.3) is 5.56 Å². The van der Waals surface area contributed by atoms with Gasteiger partial charge < -0.3 is 20.4 Å². The molecule has 1 saturated heterocycles. The Morgan fingerprint density at radius 1 is 1.13 bits per heavy atom. The minimum Gasteiger partial charge on any atom is -0.489 e. The van der Waals surface area contributed by atoms with Crippen molar-refractivity contribution in [2.75, 3.05) is 6.54 Å². The largest absolute Gasteiger partial charge is 0.489 e. The number of benzene rings is 2. The van der Waals surface area contributed by atoms with Crippen molar-refractivity contribution in [1.82, 2.24) is 14.5 Å². The Labute approximate surface area is 180 Å². The van der Waals surface area contributed by atoms with Gasteiger partial charge in [0.05, 0.1) is 16.7 Å². The molecule has 0 bridgehead atoms. The van der Waals surface area contributed by atoms with Gasteiger partial charge in [-0.25, -0.2) is 0 Å². The predicted octanol–water partition coefficient (Wildman–Crippen LogP) is 3.19. The van der Waals surface area contributed by atoms with Crippen LogP contribution in [0.15, 0.2) is 71.7 Å². The summed E-state index contributed by atoms with van der Waals surface area (Å²) in [7, 11) is 2.03. The van der Waals surface area contributed by atoms with Crippen molar-refractivity contribution in [3.05, 3.63) is 94.0 Å². The van der Waals surface area contributed by atoms with Gasteiger partial charge in [-0.2, -0.15) is 0 Å². The van der Waals surface area contributed by atoms with E-state index in [1.54, 1.807) is 10.8 Å².